The van der Waals surface area contributed by atoms with Crippen LogP contribution in [0.2, 0.25) is 0 Å². The molecule has 24 heavy (non-hydrogen) atoms. The predicted octanol–water partition coefficient (Wildman–Crippen LogP) is 2.01. The molecule has 1 N–H and O–H groups in total. The number of aromatic nitrogens is 1. The average molecular weight is 343 g/mol. The average Bonchev–Trinajstić information content (AvgIpc) is 2.51. The largest absolute Gasteiger partial charge is 0.323 e. The van der Waals surface area contributed by atoms with Crippen LogP contribution < -0.4 is 5.32 Å². The lowest BCUT2D eigenvalue weighted by Crippen LogP contribution is -2.69. The second kappa shape index (κ2) is 5.31. The van der Waals surface area contributed by atoms with E-state index in [2.05, 4.69) is 10.3 Å². The fourth-order valence-corrected chi connectivity index (χ4v) is 5.60. The Hall–Kier alpha value is -2.41. The molecular weight excluding hydrogens is 326 g/mol. The van der Waals surface area contributed by atoms with Crippen LogP contribution in [0, 0.1) is 5.41 Å². The van der Waals surface area contributed by atoms with Crippen LogP contribution in [0.15, 0.2) is 48.7 Å². The van der Waals surface area contributed by atoms with Gasteiger partial charge in [-0.3, -0.25) is 4.98 Å². The van der Waals surface area contributed by atoms with Gasteiger partial charge in [-0.15, -0.1) is 0 Å². The zero-order valence-corrected chi connectivity index (χ0v) is 13.8. The number of amides is 2. The van der Waals surface area contributed by atoms with Crippen molar-refractivity contribution < 1.29 is 13.2 Å². The van der Waals surface area contributed by atoms with Crippen LogP contribution in [-0.4, -0.2) is 48.9 Å². The van der Waals surface area contributed by atoms with Crippen LogP contribution in [0.5, 0.6) is 0 Å². The van der Waals surface area contributed by atoms with Gasteiger partial charge in [0.15, 0.2) is 9.84 Å². The summed E-state index contributed by atoms with van der Waals surface area (Å²) in [7, 11) is -2.86. The van der Waals surface area contributed by atoms with Crippen molar-refractivity contribution in [3.05, 3.63) is 48.7 Å². The standard InChI is InChI=1S/C17H17N3O3S/c21-16(20-9-17(10-20)11-24(22,23)12-17)19-14-6-7-18-15(8-14)13-4-2-1-3-5-13/h1-8H,9-12H2,(H,18,19,21). The number of pyridine rings is 1. The van der Waals surface area contributed by atoms with Gasteiger partial charge in [0.1, 0.15) is 0 Å². The molecule has 0 radical (unpaired) electrons. The molecular formula is C17H17N3O3S. The van der Waals surface area contributed by atoms with Crippen molar-refractivity contribution in [1.82, 2.24) is 9.88 Å². The van der Waals surface area contributed by atoms with Gasteiger partial charge in [0, 0.05) is 36.0 Å². The quantitative estimate of drug-likeness (QED) is 0.905. The third-order valence-electron chi connectivity index (χ3n) is 4.47. The zero-order chi connectivity index (χ0) is 16.8. The van der Waals surface area contributed by atoms with E-state index in [0.717, 1.165) is 11.3 Å². The smallest absolute Gasteiger partial charge is 0.321 e. The van der Waals surface area contributed by atoms with Gasteiger partial charge in [-0.2, -0.15) is 0 Å². The minimum atomic E-state index is -2.86. The SMILES string of the molecule is O=C(Nc1ccnc(-c2ccccc2)c1)N1CC2(C1)CS(=O)(=O)C2. The maximum Gasteiger partial charge on any atom is 0.321 e. The molecule has 1 aromatic carbocycles. The minimum Gasteiger partial charge on any atom is -0.323 e. The number of rotatable bonds is 2. The molecule has 2 aromatic rings. The number of nitrogens with one attached hydrogen (secondary N) is 1. The molecule has 124 valence electrons. The molecule has 0 bridgehead atoms. The first-order valence-corrected chi connectivity index (χ1v) is 9.55. The van der Waals surface area contributed by atoms with Gasteiger partial charge < -0.3 is 10.2 Å². The van der Waals surface area contributed by atoms with Crippen molar-refractivity contribution in [2.24, 2.45) is 5.41 Å². The number of anilines is 1. The van der Waals surface area contributed by atoms with Gasteiger partial charge in [-0.25, -0.2) is 13.2 Å². The van der Waals surface area contributed by atoms with E-state index in [-0.39, 0.29) is 23.0 Å². The van der Waals surface area contributed by atoms with Crippen LogP contribution in [0.1, 0.15) is 0 Å². The van der Waals surface area contributed by atoms with E-state index < -0.39 is 9.84 Å². The van der Waals surface area contributed by atoms with Crippen LogP contribution >= 0.6 is 0 Å². The molecule has 2 saturated heterocycles. The van der Waals surface area contributed by atoms with E-state index in [0.29, 0.717) is 18.8 Å². The van der Waals surface area contributed by atoms with Gasteiger partial charge in [0.2, 0.25) is 0 Å². The van der Waals surface area contributed by atoms with Crippen molar-refractivity contribution in [1.29, 1.82) is 0 Å². The molecule has 6 nitrogen and oxygen atoms in total. The Morgan fingerprint density at radius 2 is 1.83 bits per heavy atom. The highest BCUT2D eigenvalue weighted by atomic mass is 32.2. The highest BCUT2D eigenvalue weighted by molar-refractivity contribution is 7.92. The molecule has 2 fully saturated rings. The van der Waals surface area contributed by atoms with Gasteiger partial charge in [0.05, 0.1) is 17.2 Å². The fourth-order valence-electron chi connectivity index (χ4n) is 3.46. The molecule has 1 aromatic heterocycles. The summed E-state index contributed by atoms with van der Waals surface area (Å²) in [5.41, 5.74) is 2.26. The zero-order valence-electron chi connectivity index (χ0n) is 13.0. The first kappa shape index (κ1) is 15.1. The van der Waals surface area contributed by atoms with Crippen molar-refractivity contribution in [3.63, 3.8) is 0 Å². The van der Waals surface area contributed by atoms with E-state index in [1.165, 1.54) is 0 Å². The Labute approximate surface area is 140 Å². The summed E-state index contributed by atoms with van der Waals surface area (Å²) in [4.78, 5) is 18.3. The molecule has 0 atom stereocenters. The molecule has 0 unspecified atom stereocenters. The Balaban J connectivity index is 1.41. The molecule has 0 aliphatic carbocycles. The maximum atomic E-state index is 12.3. The molecule has 1 spiro atoms. The van der Waals surface area contributed by atoms with E-state index in [9.17, 15) is 13.2 Å². The molecule has 0 saturated carbocycles. The molecule has 3 heterocycles. The van der Waals surface area contributed by atoms with Crippen molar-refractivity contribution >= 4 is 21.6 Å². The van der Waals surface area contributed by atoms with Gasteiger partial charge in [-0.05, 0) is 12.1 Å². The maximum absolute atomic E-state index is 12.3. The number of sulfone groups is 1. The van der Waals surface area contributed by atoms with E-state index in [1.807, 2.05) is 36.4 Å². The number of carbonyl (C=O) groups is 1. The summed E-state index contributed by atoms with van der Waals surface area (Å²) in [5, 5.41) is 2.86. The van der Waals surface area contributed by atoms with Crippen molar-refractivity contribution in [2.75, 3.05) is 29.9 Å². The summed E-state index contributed by atoms with van der Waals surface area (Å²) >= 11 is 0. The third kappa shape index (κ3) is 2.75. The molecule has 2 aliphatic rings. The van der Waals surface area contributed by atoms with Crippen LogP contribution in [-0.2, 0) is 9.84 Å². The second-order valence-electron chi connectivity index (χ2n) is 6.61. The highest BCUT2D eigenvalue weighted by Crippen LogP contribution is 2.41. The van der Waals surface area contributed by atoms with Gasteiger partial charge in [0.25, 0.3) is 0 Å². The van der Waals surface area contributed by atoms with Gasteiger partial charge in [-0.1, -0.05) is 30.3 Å². The normalized spacial score (nSPS) is 20.1. The summed E-state index contributed by atoms with van der Waals surface area (Å²) in [6.07, 6.45) is 1.66. The van der Waals surface area contributed by atoms with E-state index in [4.69, 9.17) is 0 Å². The Morgan fingerprint density at radius 3 is 2.50 bits per heavy atom. The number of hydrogen-bond acceptors (Lipinski definition) is 4. The number of hydrogen-bond donors (Lipinski definition) is 1. The topological polar surface area (TPSA) is 79.4 Å². The Bertz CT molecular complexity index is 876. The summed E-state index contributed by atoms with van der Waals surface area (Å²) in [5.74, 6) is 0.411. The van der Waals surface area contributed by atoms with Crippen LogP contribution in [0.3, 0.4) is 0 Å². The molecule has 7 heteroatoms. The Morgan fingerprint density at radius 1 is 1.12 bits per heavy atom. The first-order chi connectivity index (χ1) is 11.4. The van der Waals surface area contributed by atoms with E-state index >= 15 is 0 Å². The summed E-state index contributed by atoms with van der Waals surface area (Å²) in [6, 6.07) is 13.1. The lowest BCUT2D eigenvalue weighted by atomic mass is 9.83. The molecule has 4 rings (SSSR count). The van der Waals surface area contributed by atoms with Gasteiger partial charge >= 0.3 is 6.03 Å². The summed E-state index contributed by atoms with van der Waals surface area (Å²) in [6.45, 7) is 1.02. The molecule has 2 amide bonds. The number of urea groups is 1. The number of nitrogens with zero attached hydrogens (tertiary/aromatic N) is 2. The molecule has 2 aliphatic heterocycles. The van der Waals surface area contributed by atoms with Crippen molar-refractivity contribution in [2.45, 2.75) is 0 Å². The van der Waals surface area contributed by atoms with E-state index in [1.54, 1.807) is 17.2 Å². The lowest BCUT2D eigenvalue weighted by Gasteiger charge is -2.54. The lowest BCUT2D eigenvalue weighted by molar-refractivity contribution is 0.0618. The number of likely N-dealkylation sites (tertiary alicyclic amines) is 1. The van der Waals surface area contributed by atoms with Crippen molar-refractivity contribution in [3.8, 4) is 11.3 Å². The number of carbonyl (C=O) groups excluding carboxylic acids is 1. The number of benzene rings is 1. The Kier molecular flexibility index (Phi) is 3.35. The second-order valence-corrected chi connectivity index (χ2v) is 8.68. The third-order valence-corrected chi connectivity index (χ3v) is 6.58. The summed E-state index contributed by atoms with van der Waals surface area (Å²) < 4.78 is 22.6. The fraction of sp³-hybridized carbons (Fsp3) is 0.294. The predicted molar refractivity (Wildman–Crippen MR) is 91.4 cm³/mol. The minimum absolute atomic E-state index is 0.191. The van der Waals surface area contributed by atoms with Crippen LogP contribution in [0.25, 0.3) is 11.3 Å². The first-order valence-electron chi connectivity index (χ1n) is 7.73. The monoisotopic (exact) mass is 343 g/mol. The van der Waals surface area contributed by atoms with Crippen LogP contribution in [0.4, 0.5) is 10.5 Å². The highest BCUT2D eigenvalue weighted by Gasteiger charge is 2.57.